The molecule has 10 nitrogen and oxygen atoms in total. The number of ketones is 1. The molecule has 0 spiro atoms. The quantitative estimate of drug-likeness (QED) is 0.266. The van der Waals surface area contributed by atoms with Gasteiger partial charge in [0.15, 0.2) is 0 Å². The second-order valence-electron chi connectivity index (χ2n) is 11.0. The number of Topliss-reactive ketones (excluding diaryl/α,β-unsaturated/α-hetero) is 1. The molecular weight excluding hydrogens is 476 g/mol. The van der Waals surface area contributed by atoms with Crippen molar-refractivity contribution in [3.05, 3.63) is 12.7 Å². The molecule has 200 valence electrons. The van der Waals surface area contributed by atoms with Crippen molar-refractivity contribution in [3.63, 3.8) is 0 Å². The van der Waals surface area contributed by atoms with E-state index in [1.807, 2.05) is 0 Å². The number of primary amides is 1. The minimum absolute atomic E-state index is 0.0197. The molecule has 0 bridgehead atoms. The third-order valence-electron chi connectivity index (χ3n) is 7.33. The summed E-state index contributed by atoms with van der Waals surface area (Å²) in [5, 5.41) is 7.10. The standard InChI is InChI=1S/C24H35F2N5O5/c1-5-9-28-20(34)17(32)15(14-10-24(14,25)26)29-19(33)16-13-8-6-7-12(13)11-31(16)21(35)18(23(2,3)4)30-22(27)36/h5,12-16,18H,1,6-11H2,2-4H3,(H,28,34)(H,29,33)(H3,27,30,36)/t12-,13-,14?,15-,16-,18+/m0/s1. The highest BCUT2D eigenvalue weighted by atomic mass is 19.3. The van der Waals surface area contributed by atoms with E-state index >= 15 is 0 Å². The summed E-state index contributed by atoms with van der Waals surface area (Å²) in [5.74, 6) is -8.45. The van der Waals surface area contributed by atoms with Crippen molar-refractivity contribution in [1.82, 2.24) is 20.9 Å². The maximum absolute atomic E-state index is 14.0. The molecule has 0 aromatic rings. The Morgan fingerprint density at radius 2 is 1.81 bits per heavy atom. The van der Waals surface area contributed by atoms with Crippen LogP contribution in [0, 0.1) is 23.2 Å². The Labute approximate surface area is 208 Å². The second kappa shape index (κ2) is 10.1. The highest BCUT2D eigenvalue weighted by molar-refractivity contribution is 6.38. The van der Waals surface area contributed by atoms with Gasteiger partial charge in [-0.2, -0.15) is 0 Å². The molecule has 2 saturated carbocycles. The maximum Gasteiger partial charge on any atom is 0.312 e. The molecule has 6 atom stereocenters. The lowest BCUT2D eigenvalue weighted by Gasteiger charge is -2.36. The summed E-state index contributed by atoms with van der Waals surface area (Å²) in [4.78, 5) is 65.0. The van der Waals surface area contributed by atoms with Gasteiger partial charge in [0.05, 0.1) is 5.92 Å². The minimum Gasteiger partial charge on any atom is -0.352 e. The topological polar surface area (TPSA) is 151 Å². The normalized spacial score (nSPS) is 27.9. The van der Waals surface area contributed by atoms with Crippen molar-refractivity contribution in [1.29, 1.82) is 0 Å². The van der Waals surface area contributed by atoms with E-state index in [1.54, 1.807) is 20.8 Å². The number of nitrogens with zero attached hydrogens (tertiary/aromatic N) is 1. The third kappa shape index (κ3) is 5.67. The average molecular weight is 512 g/mol. The lowest BCUT2D eigenvalue weighted by atomic mass is 9.85. The van der Waals surface area contributed by atoms with Gasteiger partial charge in [-0.25, -0.2) is 13.6 Å². The number of amides is 5. The number of alkyl halides is 2. The van der Waals surface area contributed by atoms with Gasteiger partial charge in [-0.15, -0.1) is 6.58 Å². The Balaban J connectivity index is 1.87. The number of rotatable bonds is 9. The largest absolute Gasteiger partial charge is 0.352 e. The van der Waals surface area contributed by atoms with Crippen molar-refractivity contribution < 1.29 is 32.8 Å². The molecule has 0 aromatic heterocycles. The molecule has 12 heteroatoms. The number of nitrogens with two attached hydrogens (primary N) is 1. The molecule has 1 heterocycles. The van der Waals surface area contributed by atoms with Gasteiger partial charge in [0.25, 0.3) is 11.8 Å². The van der Waals surface area contributed by atoms with Gasteiger partial charge < -0.3 is 26.6 Å². The molecule has 36 heavy (non-hydrogen) atoms. The van der Waals surface area contributed by atoms with Crippen LogP contribution >= 0.6 is 0 Å². The van der Waals surface area contributed by atoms with Gasteiger partial charge in [-0.1, -0.05) is 33.3 Å². The minimum atomic E-state index is -3.18. The van der Waals surface area contributed by atoms with Crippen LogP contribution in [-0.2, 0) is 19.2 Å². The lowest BCUT2D eigenvalue weighted by molar-refractivity contribution is -0.145. The van der Waals surface area contributed by atoms with Gasteiger partial charge in [-0.05, 0) is 30.1 Å². The SMILES string of the molecule is C=CCNC(=O)C(=O)[C@@H](NC(=O)[C@@H]1[C@H]2CCC[C@H]2CN1C(=O)[C@@H](NC(N)=O)C(C)(C)C)C1CC1(F)F. The van der Waals surface area contributed by atoms with Crippen LogP contribution in [0.3, 0.4) is 0 Å². The van der Waals surface area contributed by atoms with E-state index in [-0.39, 0.29) is 24.9 Å². The van der Waals surface area contributed by atoms with Crippen LogP contribution in [-0.4, -0.2) is 71.6 Å². The van der Waals surface area contributed by atoms with E-state index in [9.17, 15) is 32.8 Å². The van der Waals surface area contributed by atoms with E-state index < -0.39 is 71.3 Å². The van der Waals surface area contributed by atoms with Crippen LogP contribution in [0.2, 0.25) is 0 Å². The highest BCUT2D eigenvalue weighted by Crippen LogP contribution is 2.51. The molecule has 0 radical (unpaired) electrons. The fraction of sp³-hybridized carbons (Fsp3) is 0.708. The number of urea groups is 1. The van der Waals surface area contributed by atoms with E-state index in [0.29, 0.717) is 6.42 Å². The predicted octanol–water partition coefficient (Wildman–Crippen LogP) is 0.708. The molecule has 1 saturated heterocycles. The van der Waals surface area contributed by atoms with E-state index in [4.69, 9.17) is 5.73 Å². The molecule has 2 aliphatic carbocycles. The van der Waals surface area contributed by atoms with Crippen molar-refractivity contribution in [2.75, 3.05) is 13.1 Å². The Hall–Kier alpha value is -3.05. The summed E-state index contributed by atoms with van der Waals surface area (Å²) in [6, 6.07) is -4.67. The van der Waals surface area contributed by atoms with Gasteiger partial charge in [0.1, 0.15) is 18.1 Å². The molecule has 3 fully saturated rings. The lowest BCUT2D eigenvalue weighted by Crippen LogP contribution is -2.60. The van der Waals surface area contributed by atoms with Crippen LogP contribution in [0.25, 0.3) is 0 Å². The van der Waals surface area contributed by atoms with Gasteiger partial charge in [-0.3, -0.25) is 19.2 Å². The fourth-order valence-corrected chi connectivity index (χ4v) is 5.40. The molecule has 5 N–H and O–H groups in total. The van der Waals surface area contributed by atoms with Gasteiger partial charge >= 0.3 is 6.03 Å². The molecule has 3 aliphatic rings. The zero-order valence-electron chi connectivity index (χ0n) is 20.8. The number of fused-ring (bicyclic) bond motifs is 1. The van der Waals surface area contributed by atoms with Gasteiger partial charge in [0, 0.05) is 19.5 Å². The Morgan fingerprint density at radius 3 is 2.33 bits per heavy atom. The first kappa shape index (κ1) is 27.5. The Kier molecular flexibility index (Phi) is 7.75. The molecule has 1 aliphatic heterocycles. The first-order valence-corrected chi connectivity index (χ1v) is 12.2. The van der Waals surface area contributed by atoms with Gasteiger partial charge in [0.2, 0.25) is 17.6 Å². The molecule has 5 amide bonds. The average Bonchev–Trinajstić information content (AvgIpc) is 3.10. The number of hydrogen-bond acceptors (Lipinski definition) is 5. The highest BCUT2D eigenvalue weighted by Gasteiger charge is 2.63. The summed E-state index contributed by atoms with van der Waals surface area (Å²) in [6.45, 7) is 8.86. The second-order valence-corrected chi connectivity index (χ2v) is 11.0. The summed E-state index contributed by atoms with van der Waals surface area (Å²) < 4.78 is 27.9. The van der Waals surface area contributed by atoms with Crippen LogP contribution in [0.5, 0.6) is 0 Å². The van der Waals surface area contributed by atoms with E-state index in [2.05, 4.69) is 22.5 Å². The van der Waals surface area contributed by atoms with Crippen molar-refractivity contribution in [2.45, 2.75) is 70.5 Å². The number of halogens is 2. The van der Waals surface area contributed by atoms with E-state index in [1.165, 1.54) is 11.0 Å². The van der Waals surface area contributed by atoms with Crippen LogP contribution in [0.4, 0.5) is 13.6 Å². The summed E-state index contributed by atoms with van der Waals surface area (Å²) in [7, 11) is 0. The van der Waals surface area contributed by atoms with Crippen LogP contribution in [0.1, 0.15) is 46.5 Å². The first-order valence-electron chi connectivity index (χ1n) is 12.2. The summed E-state index contributed by atoms with van der Waals surface area (Å²) >= 11 is 0. The number of carbonyl (C=O) groups is 5. The number of carbonyl (C=O) groups excluding carboxylic acids is 5. The number of likely N-dealkylation sites (tertiary alicyclic amines) is 1. The number of hydrogen-bond donors (Lipinski definition) is 4. The predicted molar refractivity (Wildman–Crippen MR) is 125 cm³/mol. The zero-order valence-corrected chi connectivity index (χ0v) is 20.8. The smallest absolute Gasteiger partial charge is 0.312 e. The summed E-state index contributed by atoms with van der Waals surface area (Å²) in [6.07, 6.45) is 2.98. The molecule has 1 unspecified atom stereocenters. The Bertz CT molecular complexity index is 950. The Morgan fingerprint density at radius 1 is 1.17 bits per heavy atom. The van der Waals surface area contributed by atoms with Crippen molar-refractivity contribution in [2.24, 2.45) is 28.9 Å². The number of nitrogens with one attached hydrogen (secondary N) is 3. The third-order valence-corrected chi connectivity index (χ3v) is 7.33. The molecule has 3 rings (SSSR count). The monoisotopic (exact) mass is 511 g/mol. The fourth-order valence-electron chi connectivity index (χ4n) is 5.40. The van der Waals surface area contributed by atoms with Crippen molar-refractivity contribution >= 4 is 29.5 Å². The van der Waals surface area contributed by atoms with Crippen molar-refractivity contribution in [3.8, 4) is 0 Å². The molecule has 0 aromatic carbocycles. The maximum atomic E-state index is 14.0. The molecular formula is C24H35F2N5O5. The zero-order chi connectivity index (χ0) is 27.0. The van der Waals surface area contributed by atoms with E-state index in [0.717, 1.165) is 12.8 Å². The van der Waals surface area contributed by atoms with Crippen LogP contribution < -0.4 is 21.7 Å². The summed E-state index contributed by atoms with van der Waals surface area (Å²) in [5.41, 5.74) is 4.55. The van der Waals surface area contributed by atoms with Crippen LogP contribution in [0.15, 0.2) is 12.7 Å². The first-order chi connectivity index (χ1) is 16.7.